The Bertz CT molecular complexity index is 69.9. The summed E-state index contributed by atoms with van der Waals surface area (Å²) in [6.07, 6.45) is 0. The maximum absolute atomic E-state index is 5.30. The normalized spacial score (nSPS) is 12.0. The van der Waals surface area contributed by atoms with Crippen molar-refractivity contribution in [3.8, 4) is 0 Å². The molecule has 0 N–H and O–H groups in total. The lowest BCUT2D eigenvalue weighted by molar-refractivity contribution is -0.870. The highest BCUT2D eigenvalue weighted by Gasteiger charge is 2.04. The van der Waals surface area contributed by atoms with Gasteiger partial charge in [-0.25, -0.2) is 0 Å². The van der Waals surface area contributed by atoms with Gasteiger partial charge in [0.1, 0.15) is 12.6 Å². The van der Waals surface area contributed by atoms with Crippen molar-refractivity contribution in [2.24, 2.45) is 0 Å². The third kappa shape index (κ3) is 8.21. The Hall–Kier alpha value is 0.210. The molecule has 0 heterocycles. The monoisotopic (exact) mass is 152 g/mol. The molecule has 0 rings (SSSR count). The number of rotatable bonds is 4. The summed E-state index contributed by atoms with van der Waals surface area (Å²) in [6, 6.07) is 0.306. The van der Waals surface area contributed by atoms with Crippen LogP contribution in [0.5, 0.6) is 0 Å². The lowest BCUT2D eigenvalue weighted by Gasteiger charge is -2.23. The number of halogens is 1. The number of likely N-dealkylation sites (N-methyl/N-ethyl adjacent to an activating group) is 1. The summed E-state index contributed by atoms with van der Waals surface area (Å²) in [5.41, 5.74) is 0. The van der Waals surface area contributed by atoms with Gasteiger partial charge in [0.2, 0.25) is 0 Å². The molecule has 0 aliphatic carbocycles. The summed E-state index contributed by atoms with van der Waals surface area (Å²) in [4.78, 5) is 0. The Morgan fingerprint density at radius 1 is 1.33 bits per heavy atom. The molecule has 0 bridgehead atoms. The van der Waals surface area contributed by atoms with Crippen molar-refractivity contribution in [1.29, 1.82) is 0 Å². The quantitative estimate of drug-likeness (QED) is 0.331. The smallest absolute Gasteiger partial charge is 0.121 e. The van der Waals surface area contributed by atoms with Crippen LogP contribution in [0.1, 0.15) is 0 Å². The lowest BCUT2D eigenvalue weighted by Crippen LogP contribution is -2.37. The van der Waals surface area contributed by atoms with Crippen LogP contribution in [0.15, 0.2) is 0 Å². The fourth-order valence-corrected chi connectivity index (χ4v) is 0.502. The number of nitrogens with zero attached hydrogens (tertiary/aromatic N) is 1. The zero-order valence-electron chi connectivity index (χ0n) is 6.35. The minimum Gasteiger partial charge on any atom is -0.360 e. The van der Waals surface area contributed by atoms with Gasteiger partial charge in [0, 0.05) is 0 Å². The van der Waals surface area contributed by atoms with Gasteiger partial charge in [-0.15, -0.1) is 0 Å². The molecule has 0 saturated heterocycles. The van der Waals surface area contributed by atoms with Gasteiger partial charge in [-0.3, -0.25) is 0 Å². The summed E-state index contributed by atoms with van der Waals surface area (Å²) in [5.74, 6) is 0. The molecule has 9 heavy (non-hydrogen) atoms. The van der Waals surface area contributed by atoms with Crippen molar-refractivity contribution in [2.75, 3.05) is 40.4 Å². The molecule has 0 aliphatic rings. The number of alkyl halides is 1. The van der Waals surface area contributed by atoms with E-state index < -0.39 is 0 Å². The minimum atomic E-state index is 0.306. The van der Waals surface area contributed by atoms with Gasteiger partial charge >= 0.3 is 0 Å². The largest absolute Gasteiger partial charge is 0.360 e. The first-order chi connectivity index (χ1) is 4.06. The summed E-state index contributed by atoms with van der Waals surface area (Å²) in [7, 11) is 6.37. The van der Waals surface area contributed by atoms with Crippen LogP contribution < -0.4 is 0 Å². The highest BCUT2D eigenvalue weighted by atomic mass is 35.5. The van der Waals surface area contributed by atoms with E-state index >= 15 is 0 Å². The molecular formula is C6H15ClNO+. The van der Waals surface area contributed by atoms with E-state index in [1.807, 2.05) is 0 Å². The Morgan fingerprint density at radius 3 is 2.22 bits per heavy atom. The van der Waals surface area contributed by atoms with Crippen LogP contribution in [0.25, 0.3) is 0 Å². The van der Waals surface area contributed by atoms with Crippen LogP contribution in [-0.4, -0.2) is 44.8 Å². The fraction of sp³-hybridized carbons (Fsp3) is 1.00. The number of quaternary nitrogens is 1. The molecule has 0 aliphatic heterocycles. The molecule has 0 aromatic heterocycles. The first-order valence-electron chi connectivity index (χ1n) is 3.00. The predicted octanol–water partition coefficient (Wildman–Crippen LogP) is 0.905. The summed E-state index contributed by atoms with van der Waals surface area (Å²) >= 11 is 5.30. The average molecular weight is 153 g/mol. The van der Waals surface area contributed by atoms with E-state index in [4.69, 9.17) is 16.3 Å². The molecule has 0 unspecified atom stereocenters. The van der Waals surface area contributed by atoms with Crippen LogP contribution >= 0.6 is 11.6 Å². The molecule has 3 heteroatoms. The highest BCUT2D eigenvalue weighted by molar-refractivity contribution is 6.17. The molecule has 0 saturated carbocycles. The van der Waals surface area contributed by atoms with E-state index in [0.717, 1.165) is 17.6 Å². The third-order valence-electron chi connectivity index (χ3n) is 0.984. The van der Waals surface area contributed by atoms with Crippen LogP contribution in [0, 0.1) is 0 Å². The molecule has 0 atom stereocenters. The van der Waals surface area contributed by atoms with Crippen LogP contribution in [0.3, 0.4) is 0 Å². The Labute approximate surface area is 62.0 Å². The van der Waals surface area contributed by atoms with Crippen molar-refractivity contribution < 1.29 is 9.22 Å². The molecule has 2 nitrogen and oxygen atoms in total. The second-order valence-electron chi connectivity index (χ2n) is 3.03. The van der Waals surface area contributed by atoms with Gasteiger partial charge in [-0.1, -0.05) is 11.6 Å². The van der Waals surface area contributed by atoms with E-state index in [0.29, 0.717) is 6.07 Å². The van der Waals surface area contributed by atoms with E-state index in [9.17, 15) is 0 Å². The first kappa shape index (κ1) is 9.21. The number of hydrogen-bond acceptors (Lipinski definition) is 1. The molecule has 0 amide bonds. The average Bonchev–Trinajstić information content (AvgIpc) is 1.63. The van der Waals surface area contributed by atoms with Crippen LogP contribution in [-0.2, 0) is 4.74 Å². The number of ether oxygens (including phenoxy) is 1. The second-order valence-corrected chi connectivity index (χ2v) is 3.25. The molecule has 0 radical (unpaired) electrons. The van der Waals surface area contributed by atoms with Gasteiger partial charge in [0.15, 0.2) is 0 Å². The van der Waals surface area contributed by atoms with Crippen LogP contribution in [0.4, 0.5) is 0 Å². The van der Waals surface area contributed by atoms with Crippen molar-refractivity contribution in [1.82, 2.24) is 0 Å². The van der Waals surface area contributed by atoms with Crippen LogP contribution in [0.2, 0.25) is 0 Å². The highest BCUT2D eigenvalue weighted by Crippen LogP contribution is 1.89. The molecular weight excluding hydrogens is 138 g/mol. The van der Waals surface area contributed by atoms with Gasteiger partial charge in [-0.2, -0.15) is 0 Å². The SMILES string of the molecule is C[N+](C)(C)CCOCCl. The van der Waals surface area contributed by atoms with Gasteiger partial charge in [0.05, 0.1) is 27.7 Å². The fourth-order valence-electron chi connectivity index (χ4n) is 0.393. The number of hydrogen-bond donors (Lipinski definition) is 0. The Morgan fingerprint density at radius 2 is 1.89 bits per heavy atom. The molecule has 0 fully saturated rings. The zero-order chi connectivity index (χ0) is 7.33. The zero-order valence-corrected chi connectivity index (χ0v) is 7.11. The van der Waals surface area contributed by atoms with Crippen molar-refractivity contribution in [3.05, 3.63) is 0 Å². The maximum atomic E-state index is 5.30. The topological polar surface area (TPSA) is 9.23 Å². The van der Waals surface area contributed by atoms with E-state index in [1.54, 1.807) is 0 Å². The summed E-state index contributed by atoms with van der Waals surface area (Å²) in [5, 5.41) is 0. The molecule has 56 valence electrons. The third-order valence-corrected chi connectivity index (χ3v) is 1.14. The van der Waals surface area contributed by atoms with Gasteiger partial charge in [0.25, 0.3) is 0 Å². The lowest BCUT2D eigenvalue weighted by atomic mass is 10.5. The second kappa shape index (κ2) is 4.09. The Kier molecular flexibility index (Phi) is 4.19. The van der Waals surface area contributed by atoms with Gasteiger partial charge < -0.3 is 9.22 Å². The molecule has 0 aromatic rings. The van der Waals surface area contributed by atoms with Crippen molar-refractivity contribution in [3.63, 3.8) is 0 Å². The van der Waals surface area contributed by atoms with Gasteiger partial charge in [-0.05, 0) is 0 Å². The summed E-state index contributed by atoms with van der Waals surface area (Å²) < 4.78 is 5.89. The molecule has 0 spiro atoms. The maximum Gasteiger partial charge on any atom is 0.121 e. The summed E-state index contributed by atoms with van der Waals surface area (Å²) in [6.45, 7) is 1.75. The van der Waals surface area contributed by atoms with Crippen molar-refractivity contribution in [2.45, 2.75) is 0 Å². The minimum absolute atomic E-state index is 0.306. The first-order valence-corrected chi connectivity index (χ1v) is 3.54. The van der Waals surface area contributed by atoms with Crippen molar-refractivity contribution >= 4 is 11.6 Å². The van der Waals surface area contributed by atoms with E-state index in [2.05, 4.69) is 21.1 Å². The Balaban J connectivity index is 3.07. The van der Waals surface area contributed by atoms with E-state index in [1.165, 1.54) is 0 Å². The standard InChI is InChI=1S/C6H15ClNO/c1-8(2,3)4-5-9-6-7/h4-6H2,1-3H3/q+1. The predicted molar refractivity (Wildman–Crippen MR) is 39.6 cm³/mol. The van der Waals surface area contributed by atoms with E-state index in [-0.39, 0.29) is 0 Å². The molecule has 0 aromatic carbocycles.